The van der Waals surface area contributed by atoms with Gasteiger partial charge in [-0.1, -0.05) is 30.0 Å². The predicted octanol–water partition coefficient (Wildman–Crippen LogP) is 3.94. The van der Waals surface area contributed by atoms with Crippen LogP contribution in [0.25, 0.3) is 5.69 Å². The molecule has 0 spiro atoms. The van der Waals surface area contributed by atoms with E-state index >= 15 is 0 Å². The number of carbonyl (C=O) groups is 1. The molecule has 1 amide bonds. The van der Waals surface area contributed by atoms with Crippen molar-refractivity contribution in [1.82, 2.24) is 20.2 Å². The topological polar surface area (TPSA) is 75.9 Å². The fourth-order valence-corrected chi connectivity index (χ4v) is 3.81. The number of hydrogen-bond acceptors (Lipinski definition) is 6. The highest BCUT2D eigenvalue weighted by Crippen LogP contribution is 2.22. The lowest BCUT2D eigenvalue weighted by Crippen LogP contribution is -2.30. The van der Waals surface area contributed by atoms with Crippen LogP contribution in [0.4, 0.5) is 11.4 Å². The van der Waals surface area contributed by atoms with E-state index in [-0.39, 0.29) is 11.7 Å². The number of benzene rings is 2. The number of carbonyl (C=O) groups excluding carboxylic acids is 1. The van der Waals surface area contributed by atoms with Gasteiger partial charge in [0, 0.05) is 24.0 Å². The second kappa shape index (κ2) is 9.56. The number of tetrazole rings is 1. The SMILES string of the molecule is CCN(c1ccc(NC(=O)CSc2nnnn2-c2ccccc2C)cc1)C(C)C. The molecule has 1 heterocycles. The molecule has 0 bridgehead atoms. The van der Waals surface area contributed by atoms with Gasteiger partial charge in [0.1, 0.15) is 0 Å². The Bertz CT molecular complexity index is 954. The third-order valence-corrected chi connectivity index (χ3v) is 5.48. The van der Waals surface area contributed by atoms with Crippen LogP contribution in [0.3, 0.4) is 0 Å². The van der Waals surface area contributed by atoms with Crippen LogP contribution in [0.5, 0.6) is 0 Å². The number of para-hydroxylation sites is 1. The van der Waals surface area contributed by atoms with E-state index in [1.165, 1.54) is 11.8 Å². The van der Waals surface area contributed by atoms with Crippen LogP contribution in [0.1, 0.15) is 26.3 Å². The molecule has 2 aromatic carbocycles. The summed E-state index contributed by atoms with van der Waals surface area (Å²) in [5.74, 6) is 0.124. The first-order chi connectivity index (χ1) is 14.0. The zero-order valence-electron chi connectivity index (χ0n) is 17.2. The van der Waals surface area contributed by atoms with Crippen molar-refractivity contribution in [2.45, 2.75) is 38.9 Å². The van der Waals surface area contributed by atoms with Gasteiger partial charge in [-0.25, -0.2) is 0 Å². The third kappa shape index (κ3) is 5.14. The molecule has 3 aromatic rings. The molecular formula is C21H26N6OS. The minimum Gasteiger partial charge on any atom is -0.369 e. The van der Waals surface area contributed by atoms with E-state index in [4.69, 9.17) is 0 Å². The molecule has 0 saturated heterocycles. The van der Waals surface area contributed by atoms with Crippen molar-refractivity contribution < 1.29 is 4.79 Å². The minimum atomic E-state index is -0.0988. The highest BCUT2D eigenvalue weighted by Gasteiger charge is 2.13. The van der Waals surface area contributed by atoms with Crippen molar-refractivity contribution in [1.29, 1.82) is 0 Å². The zero-order valence-corrected chi connectivity index (χ0v) is 18.0. The summed E-state index contributed by atoms with van der Waals surface area (Å²) in [6, 6.07) is 16.2. The van der Waals surface area contributed by atoms with Crippen LogP contribution in [0, 0.1) is 6.92 Å². The van der Waals surface area contributed by atoms with E-state index in [9.17, 15) is 4.79 Å². The van der Waals surface area contributed by atoms with Crippen molar-refractivity contribution >= 4 is 29.0 Å². The Balaban J connectivity index is 1.60. The summed E-state index contributed by atoms with van der Waals surface area (Å²) in [6.45, 7) is 9.41. The molecule has 0 atom stereocenters. The summed E-state index contributed by atoms with van der Waals surface area (Å²) in [5, 5.41) is 15.4. The van der Waals surface area contributed by atoms with Crippen LogP contribution in [0.15, 0.2) is 53.7 Å². The normalized spacial score (nSPS) is 10.9. The van der Waals surface area contributed by atoms with Gasteiger partial charge in [0.2, 0.25) is 11.1 Å². The highest BCUT2D eigenvalue weighted by atomic mass is 32.2. The van der Waals surface area contributed by atoms with Crippen molar-refractivity contribution in [3.8, 4) is 5.69 Å². The Hall–Kier alpha value is -2.87. The second-order valence-corrected chi connectivity index (χ2v) is 7.87. The molecule has 0 radical (unpaired) electrons. The zero-order chi connectivity index (χ0) is 20.8. The van der Waals surface area contributed by atoms with E-state index in [0.29, 0.717) is 11.2 Å². The predicted molar refractivity (Wildman–Crippen MR) is 118 cm³/mol. The van der Waals surface area contributed by atoms with Gasteiger partial charge in [0.05, 0.1) is 11.4 Å². The molecule has 0 aliphatic carbocycles. The monoisotopic (exact) mass is 410 g/mol. The Morgan fingerprint density at radius 1 is 1.17 bits per heavy atom. The van der Waals surface area contributed by atoms with Crippen molar-refractivity contribution in [3.63, 3.8) is 0 Å². The van der Waals surface area contributed by atoms with Gasteiger partial charge in [-0.05, 0) is 74.0 Å². The fourth-order valence-electron chi connectivity index (χ4n) is 3.13. The maximum atomic E-state index is 12.4. The summed E-state index contributed by atoms with van der Waals surface area (Å²) < 4.78 is 1.66. The van der Waals surface area contributed by atoms with Gasteiger partial charge in [-0.3, -0.25) is 4.79 Å². The van der Waals surface area contributed by atoms with Gasteiger partial charge in [-0.2, -0.15) is 4.68 Å². The van der Waals surface area contributed by atoms with E-state index in [2.05, 4.69) is 46.5 Å². The minimum absolute atomic E-state index is 0.0988. The second-order valence-electron chi connectivity index (χ2n) is 6.92. The van der Waals surface area contributed by atoms with Gasteiger partial charge >= 0.3 is 0 Å². The maximum absolute atomic E-state index is 12.4. The van der Waals surface area contributed by atoms with Crippen LogP contribution in [-0.2, 0) is 4.79 Å². The maximum Gasteiger partial charge on any atom is 0.234 e. The average molecular weight is 411 g/mol. The number of amides is 1. The Labute approximate surface area is 175 Å². The van der Waals surface area contributed by atoms with Gasteiger partial charge in [0.25, 0.3) is 0 Å². The number of anilines is 2. The summed E-state index contributed by atoms with van der Waals surface area (Å²) in [4.78, 5) is 14.7. The number of thioether (sulfide) groups is 1. The summed E-state index contributed by atoms with van der Waals surface area (Å²) in [7, 11) is 0. The Morgan fingerprint density at radius 2 is 1.90 bits per heavy atom. The third-order valence-electron chi connectivity index (χ3n) is 4.56. The smallest absolute Gasteiger partial charge is 0.234 e. The molecule has 0 fully saturated rings. The molecule has 152 valence electrons. The summed E-state index contributed by atoms with van der Waals surface area (Å²) in [5.41, 5.74) is 3.89. The van der Waals surface area contributed by atoms with Gasteiger partial charge < -0.3 is 10.2 Å². The van der Waals surface area contributed by atoms with Crippen LogP contribution >= 0.6 is 11.8 Å². The number of aromatic nitrogens is 4. The standard InChI is InChI=1S/C21H26N6OS/c1-5-26(15(2)3)18-12-10-17(11-13-18)22-20(28)14-29-21-23-24-25-27(21)19-9-7-6-8-16(19)4/h6-13,15H,5,14H2,1-4H3,(H,22,28). The molecule has 3 rings (SSSR count). The van der Waals surface area contributed by atoms with Crippen LogP contribution in [0.2, 0.25) is 0 Å². The number of nitrogens with zero attached hydrogens (tertiary/aromatic N) is 5. The highest BCUT2D eigenvalue weighted by molar-refractivity contribution is 7.99. The molecule has 0 aliphatic heterocycles. The number of nitrogens with one attached hydrogen (secondary N) is 1. The molecule has 8 heteroatoms. The summed E-state index contributed by atoms with van der Waals surface area (Å²) in [6.07, 6.45) is 0. The molecule has 1 aromatic heterocycles. The molecule has 1 N–H and O–H groups in total. The lowest BCUT2D eigenvalue weighted by Gasteiger charge is -2.27. The van der Waals surface area contributed by atoms with Crippen LogP contribution in [-0.4, -0.2) is 44.5 Å². The van der Waals surface area contributed by atoms with E-state index < -0.39 is 0 Å². The van der Waals surface area contributed by atoms with E-state index in [0.717, 1.165) is 29.2 Å². The number of rotatable bonds is 8. The first kappa shape index (κ1) is 20.9. The molecule has 29 heavy (non-hydrogen) atoms. The average Bonchev–Trinajstić information content (AvgIpc) is 3.17. The van der Waals surface area contributed by atoms with Crippen molar-refractivity contribution in [3.05, 3.63) is 54.1 Å². The Morgan fingerprint density at radius 3 is 2.55 bits per heavy atom. The molecule has 0 unspecified atom stereocenters. The van der Waals surface area contributed by atoms with E-state index in [1.54, 1.807) is 4.68 Å². The number of aryl methyl sites for hydroxylation is 1. The molecular weight excluding hydrogens is 384 g/mol. The molecule has 0 aliphatic rings. The fraction of sp³-hybridized carbons (Fsp3) is 0.333. The largest absolute Gasteiger partial charge is 0.369 e. The van der Waals surface area contributed by atoms with Crippen molar-refractivity contribution in [2.24, 2.45) is 0 Å². The molecule has 7 nitrogen and oxygen atoms in total. The van der Waals surface area contributed by atoms with Crippen LogP contribution < -0.4 is 10.2 Å². The quantitative estimate of drug-likeness (QED) is 0.567. The first-order valence-corrected chi connectivity index (χ1v) is 10.6. The van der Waals surface area contributed by atoms with E-state index in [1.807, 2.05) is 55.5 Å². The lowest BCUT2D eigenvalue weighted by molar-refractivity contribution is -0.113. The number of hydrogen-bond donors (Lipinski definition) is 1. The first-order valence-electron chi connectivity index (χ1n) is 9.63. The van der Waals surface area contributed by atoms with Gasteiger partial charge in [0.15, 0.2) is 0 Å². The lowest BCUT2D eigenvalue weighted by atomic mass is 10.2. The molecule has 0 saturated carbocycles. The summed E-state index contributed by atoms with van der Waals surface area (Å²) >= 11 is 1.31. The van der Waals surface area contributed by atoms with Gasteiger partial charge in [-0.15, -0.1) is 5.10 Å². The van der Waals surface area contributed by atoms with Crippen molar-refractivity contribution in [2.75, 3.05) is 22.5 Å². The Kier molecular flexibility index (Phi) is 6.87.